The number of carbonyl (C=O) groups is 1. The lowest BCUT2D eigenvalue weighted by Crippen LogP contribution is -2.14. The molecule has 0 saturated carbocycles. The lowest BCUT2D eigenvalue weighted by Gasteiger charge is -2.09. The molecule has 0 saturated heterocycles. The molecule has 1 N–H and O–H groups in total. The van der Waals surface area contributed by atoms with Crippen molar-refractivity contribution < 1.29 is 4.79 Å². The zero-order valence-electron chi connectivity index (χ0n) is 12.4. The molecule has 0 aliphatic carbocycles. The first-order chi connectivity index (χ1) is 11.7. The Balaban J connectivity index is 1.83. The first-order valence-corrected chi connectivity index (χ1v) is 8.98. The van der Waals surface area contributed by atoms with Gasteiger partial charge in [0, 0.05) is 10.2 Å². The Kier molecular flexibility index (Phi) is 3.92. The van der Waals surface area contributed by atoms with Gasteiger partial charge in [0.05, 0.1) is 11.0 Å². The molecule has 2 heterocycles. The summed E-state index contributed by atoms with van der Waals surface area (Å²) in [5.74, 6) is 0.331. The first kappa shape index (κ1) is 15.1. The number of carbonyl (C=O) groups excluding carboxylic acids is 1. The van der Waals surface area contributed by atoms with Crippen molar-refractivity contribution in [3.63, 3.8) is 0 Å². The maximum atomic E-state index is 12.6. The number of benzene rings is 2. The number of anilines is 1. The Morgan fingerprint density at radius 1 is 1.04 bits per heavy atom. The molecule has 0 bridgehead atoms. The molecule has 4 aromatic rings. The van der Waals surface area contributed by atoms with E-state index in [-0.39, 0.29) is 5.91 Å². The third kappa shape index (κ3) is 2.64. The Bertz CT molecular complexity index is 1020. The van der Waals surface area contributed by atoms with Crippen molar-refractivity contribution in [2.24, 2.45) is 0 Å². The van der Waals surface area contributed by atoms with Crippen LogP contribution in [0, 0.1) is 0 Å². The van der Waals surface area contributed by atoms with Gasteiger partial charge in [0.15, 0.2) is 0 Å². The molecule has 0 radical (unpaired) electrons. The van der Waals surface area contributed by atoms with Crippen molar-refractivity contribution in [3.05, 3.63) is 75.4 Å². The molecule has 0 spiro atoms. The van der Waals surface area contributed by atoms with E-state index >= 15 is 0 Å². The summed E-state index contributed by atoms with van der Waals surface area (Å²) in [5.41, 5.74) is 2.73. The van der Waals surface area contributed by atoms with E-state index in [0.29, 0.717) is 10.8 Å². The van der Waals surface area contributed by atoms with Crippen LogP contribution >= 0.6 is 27.3 Å². The largest absolute Gasteiger partial charge is 0.291 e. The zero-order chi connectivity index (χ0) is 16.5. The molecule has 2 aromatic carbocycles. The number of amides is 1. The second kappa shape index (κ2) is 6.22. The monoisotopic (exact) mass is 397 g/mol. The van der Waals surface area contributed by atoms with Gasteiger partial charge in [-0.1, -0.05) is 30.3 Å². The fourth-order valence-electron chi connectivity index (χ4n) is 2.56. The van der Waals surface area contributed by atoms with E-state index in [9.17, 15) is 4.79 Å². The molecule has 0 unspecified atom stereocenters. The van der Waals surface area contributed by atoms with Crippen molar-refractivity contribution >= 4 is 50.2 Å². The molecule has 0 aliphatic heterocycles. The van der Waals surface area contributed by atoms with Crippen LogP contribution in [0.4, 0.5) is 5.95 Å². The van der Waals surface area contributed by atoms with Crippen molar-refractivity contribution in [1.29, 1.82) is 0 Å². The van der Waals surface area contributed by atoms with Crippen LogP contribution in [0.5, 0.6) is 0 Å². The Morgan fingerprint density at radius 2 is 1.79 bits per heavy atom. The number of imidazole rings is 1. The van der Waals surface area contributed by atoms with Gasteiger partial charge in [-0.2, -0.15) is 0 Å². The number of thiophene rings is 1. The van der Waals surface area contributed by atoms with Crippen molar-refractivity contribution in [2.45, 2.75) is 0 Å². The van der Waals surface area contributed by atoms with Gasteiger partial charge in [-0.05, 0) is 51.6 Å². The Hall–Kier alpha value is -2.44. The van der Waals surface area contributed by atoms with E-state index in [1.807, 2.05) is 70.6 Å². The van der Waals surface area contributed by atoms with Crippen LogP contribution in [0.15, 0.2) is 70.5 Å². The maximum absolute atomic E-state index is 12.6. The van der Waals surface area contributed by atoms with E-state index in [2.05, 4.69) is 26.2 Å². The van der Waals surface area contributed by atoms with E-state index in [4.69, 9.17) is 0 Å². The predicted molar refractivity (Wildman–Crippen MR) is 101 cm³/mol. The topological polar surface area (TPSA) is 46.9 Å². The molecule has 6 heteroatoms. The van der Waals surface area contributed by atoms with Crippen LogP contribution in [0.3, 0.4) is 0 Å². The van der Waals surface area contributed by atoms with Crippen LogP contribution in [-0.4, -0.2) is 15.5 Å². The van der Waals surface area contributed by atoms with Crippen LogP contribution in [-0.2, 0) is 0 Å². The molecule has 4 nitrogen and oxygen atoms in total. The summed E-state index contributed by atoms with van der Waals surface area (Å²) in [6.07, 6.45) is 0. The zero-order valence-corrected chi connectivity index (χ0v) is 14.8. The highest BCUT2D eigenvalue weighted by molar-refractivity contribution is 9.10. The molecule has 0 atom stereocenters. The SMILES string of the molecule is O=C(Nc1nc2ccccc2n1-c1ccccc1)c1sccc1Br. The lowest BCUT2D eigenvalue weighted by atomic mass is 10.3. The van der Waals surface area contributed by atoms with Gasteiger partial charge in [0.2, 0.25) is 5.95 Å². The van der Waals surface area contributed by atoms with E-state index < -0.39 is 0 Å². The number of rotatable bonds is 3. The minimum Gasteiger partial charge on any atom is -0.291 e. The summed E-state index contributed by atoms with van der Waals surface area (Å²) < 4.78 is 2.74. The highest BCUT2D eigenvalue weighted by atomic mass is 79.9. The molecule has 2 aromatic heterocycles. The molecular formula is C18H12BrN3OS. The number of hydrogen-bond donors (Lipinski definition) is 1. The van der Waals surface area contributed by atoms with Gasteiger partial charge in [-0.3, -0.25) is 14.7 Å². The smallest absolute Gasteiger partial charge is 0.269 e. The van der Waals surface area contributed by atoms with Gasteiger partial charge in [-0.15, -0.1) is 11.3 Å². The third-order valence-electron chi connectivity index (χ3n) is 3.62. The van der Waals surface area contributed by atoms with Crippen molar-refractivity contribution in [2.75, 3.05) is 5.32 Å². The van der Waals surface area contributed by atoms with Crippen LogP contribution in [0.25, 0.3) is 16.7 Å². The van der Waals surface area contributed by atoms with E-state index in [0.717, 1.165) is 21.2 Å². The fraction of sp³-hybridized carbons (Fsp3) is 0. The molecular weight excluding hydrogens is 386 g/mol. The average molecular weight is 398 g/mol. The molecule has 118 valence electrons. The van der Waals surface area contributed by atoms with Gasteiger partial charge >= 0.3 is 0 Å². The van der Waals surface area contributed by atoms with Crippen LogP contribution in [0.2, 0.25) is 0 Å². The quantitative estimate of drug-likeness (QED) is 0.522. The van der Waals surface area contributed by atoms with Crippen LogP contribution < -0.4 is 5.32 Å². The highest BCUT2D eigenvalue weighted by Crippen LogP contribution is 2.27. The standard InChI is InChI=1S/C18H12BrN3OS/c19-13-10-11-24-16(13)17(23)21-18-20-14-8-4-5-9-15(14)22(18)12-6-2-1-3-7-12/h1-11H,(H,20,21,23). The summed E-state index contributed by atoms with van der Waals surface area (Å²) in [4.78, 5) is 17.8. The van der Waals surface area contributed by atoms with Crippen LogP contribution in [0.1, 0.15) is 9.67 Å². The second-order valence-electron chi connectivity index (χ2n) is 5.15. The number of para-hydroxylation sites is 3. The molecule has 4 rings (SSSR count). The number of fused-ring (bicyclic) bond motifs is 1. The molecule has 24 heavy (non-hydrogen) atoms. The summed E-state index contributed by atoms with van der Waals surface area (Å²) in [5, 5.41) is 4.81. The average Bonchev–Trinajstić information content (AvgIpc) is 3.18. The fourth-order valence-corrected chi connectivity index (χ4v) is 4.01. The maximum Gasteiger partial charge on any atom is 0.269 e. The lowest BCUT2D eigenvalue weighted by molar-refractivity contribution is 0.102. The number of halogens is 1. The third-order valence-corrected chi connectivity index (χ3v) is 5.46. The predicted octanol–water partition coefficient (Wildman–Crippen LogP) is 5.10. The minimum absolute atomic E-state index is 0.177. The number of nitrogens with one attached hydrogen (secondary N) is 1. The normalized spacial score (nSPS) is 10.9. The summed E-state index contributed by atoms with van der Waals surface area (Å²) in [6, 6.07) is 19.6. The molecule has 1 amide bonds. The summed E-state index contributed by atoms with van der Waals surface area (Å²) >= 11 is 4.79. The van der Waals surface area contributed by atoms with E-state index in [1.54, 1.807) is 0 Å². The molecule has 0 fully saturated rings. The van der Waals surface area contributed by atoms with E-state index in [1.165, 1.54) is 11.3 Å². The minimum atomic E-state index is -0.177. The molecule has 0 aliphatic rings. The first-order valence-electron chi connectivity index (χ1n) is 7.31. The highest BCUT2D eigenvalue weighted by Gasteiger charge is 2.17. The summed E-state index contributed by atoms with van der Waals surface area (Å²) in [6.45, 7) is 0. The second-order valence-corrected chi connectivity index (χ2v) is 6.92. The van der Waals surface area contributed by atoms with Crippen molar-refractivity contribution in [3.8, 4) is 5.69 Å². The number of hydrogen-bond acceptors (Lipinski definition) is 3. The Labute approximate surface area is 150 Å². The van der Waals surface area contributed by atoms with Gasteiger partial charge < -0.3 is 0 Å². The van der Waals surface area contributed by atoms with Crippen molar-refractivity contribution in [1.82, 2.24) is 9.55 Å². The van der Waals surface area contributed by atoms with Gasteiger partial charge in [0.1, 0.15) is 4.88 Å². The summed E-state index contributed by atoms with van der Waals surface area (Å²) in [7, 11) is 0. The van der Waals surface area contributed by atoms with Gasteiger partial charge in [0.25, 0.3) is 5.91 Å². The number of aromatic nitrogens is 2. The number of nitrogens with zero attached hydrogens (tertiary/aromatic N) is 2. The van der Waals surface area contributed by atoms with Gasteiger partial charge in [-0.25, -0.2) is 4.98 Å². The Morgan fingerprint density at radius 3 is 2.54 bits per heavy atom.